The van der Waals surface area contributed by atoms with Gasteiger partial charge in [0.05, 0.1) is 11.8 Å². The number of aryl methyl sites for hydroxylation is 1. The van der Waals surface area contributed by atoms with Crippen LogP contribution in [-0.2, 0) is 11.8 Å². The molecule has 1 unspecified atom stereocenters. The van der Waals surface area contributed by atoms with E-state index in [1.54, 1.807) is 23.9 Å². The van der Waals surface area contributed by atoms with E-state index in [0.29, 0.717) is 12.3 Å². The van der Waals surface area contributed by atoms with E-state index in [4.69, 9.17) is 0 Å². The summed E-state index contributed by atoms with van der Waals surface area (Å²) < 4.78 is 1.76. The Balaban J connectivity index is 2.45. The summed E-state index contributed by atoms with van der Waals surface area (Å²) in [6.07, 6.45) is 6.55. The highest BCUT2D eigenvalue weighted by molar-refractivity contribution is 5.91. The van der Waals surface area contributed by atoms with Crippen molar-refractivity contribution in [1.82, 2.24) is 15.1 Å². The summed E-state index contributed by atoms with van der Waals surface area (Å²) in [5.74, 6) is 0.337. The molecule has 0 bridgehead atoms. The van der Waals surface area contributed by atoms with Gasteiger partial charge >= 0.3 is 0 Å². The summed E-state index contributed by atoms with van der Waals surface area (Å²) in [4.78, 5) is 11.8. The first kappa shape index (κ1) is 17.4. The predicted octanol–water partition coefficient (Wildman–Crippen LogP) is 2.05. The molecule has 0 spiro atoms. The minimum absolute atomic E-state index is 0.205. The monoisotopic (exact) mass is 293 g/mol. The third kappa shape index (κ3) is 6.12. The molecule has 0 aliphatic rings. The highest BCUT2D eigenvalue weighted by Crippen LogP contribution is 2.15. The molecule has 5 heteroatoms. The van der Waals surface area contributed by atoms with Crippen LogP contribution in [0.2, 0.25) is 0 Å². The lowest BCUT2D eigenvalue weighted by molar-refractivity contribution is -0.117. The van der Waals surface area contributed by atoms with E-state index in [0.717, 1.165) is 17.7 Å². The number of carbonyl (C=O) groups is 1. The van der Waals surface area contributed by atoms with Crippen LogP contribution in [0.1, 0.15) is 44.9 Å². The SMILES string of the molecule is Cc1c(/C=C/C(=O)NCC(C)(O)CCC(C)C)cnn1C. The molecule has 0 aliphatic heterocycles. The van der Waals surface area contributed by atoms with Gasteiger partial charge in [0.2, 0.25) is 5.91 Å². The molecule has 0 aromatic carbocycles. The van der Waals surface area contributed by atoms with Crippen LogP contribution < -0.4 is 5.32 Å². The fourth-order valence-electron chi connectivity index (χ4n) is 1.87. The third-order valence-corrected chi connectivity index (χ3v) is 3.59. The Morgan fingerprint density at radius 3 is 2.76 bits per heavy atom. The molecular formula is C16H27N3O2. The maximum atomic E-state index is 11.8. The molecular weight excluding hydrogens is 266 g/mol. The van der Waals surface area contributed by atoms with Crippen molar-refractivity contribution in [2.24, 2.45) is 13.0 Å². The molecule has 0 saturated carbocycles. The van der Waals surface area contributed by atoms with Gasteiger partial charge in [0.25, 0.3) is 0 Å². The van der Waals surface area contributed by atoms with Gasteiger partial charge in [-0.2, -0.15) is 5.10 Å². The molecule has 1 amide bonds. The number of carbonyl (C=O) groups excluding carboxylic acids is 1. The maximum absolute atomic E-state index is 11.8. The summed E-state index contributed by atoms with van der Waals surface area (Å²) in [7, 11) is 1.86. The normalized spacial score (nSPS) is 14.6. The van der Waals surface area contributed by atoms with Crippen LogP contribution >= 0.6 is 0 Å². The third-order valence-electron chi connectivity index (χ3n) is 3.59. The minimum atomic E-state index is -0.863. The Labute approximate surface area is 127 Å². The van der Waals surface area contributed by atoms with Crippen molar-refractivity contribution in [3.05, 3.63) is 23.5 Å². The zero-order chi connectivity index (χ0) is 16.0. The van der Waals surface area contributed by atoms with Gasteiger partial charge in [0, 0.05) is 30.9 Å². The van der Waals surface area contributed by atoms with Gasteiger partial charge in [0.1, 0.15) is 0 Å². The molecule has 1 heterocycles. The number of rotatable bonds is 7. The second-order valence-corrected chi connectivity index (χ2v) is 6.29. The van der Waals surface area contributed by atoms with Crippen LogP contribution in [0.4, 0.5) is 0 Å². The average Bonchev–Trinajstić information content (AvgIpc) is 2.72. The van der Waals surface area contributed by atoms with E-state index < -0.39 is 5.60 Å². The largest absolute Gasteiger partial charge is 0.388 e. The molecule has 21 heavy (non-hydrogen) atoms. The highest BCUT2D eigenvalue weighted by Gasteiger charge is 2.20. The highest BCUT2D eigenvalue weighted by atomic mass is 16.3. The van der Waals surface area contributed by atoms with E-state index in [1.165, 1.54) is 6.08 Å². The summed E-state index contributed by atoms with van der Waals surface area (Å²) in [5.41, 5.74) is 1.06. The zero-order valence-electron chi connectivity index (χ0n) is 13.7. The summed E-state index contributed by atoms with van der Waals surface area (Å²) >= 11 is 0. The Kier molecular flexibility index (Phi) is 6.15. The van der Waals surface area contributed by atoms with Crippen LogP contribution in [0.5, 0.6) is 0 Å². The molecule has 1 aromatic rings. The number of nitrogens with one attached hydrogen (secondary N) is 1. The van der Waals surface area contributed by atoms with Crippen LogP contribution in [-0.4, -0.2) is 32.9 Å². The number of nitrogens with zero attached hydrogens (tertiary/aromatic N) is 2. The van der Waals surface area contributed by atoms with E-state index in [-0.39, 0.29) is 12.5 Å². The average molecular weight is 293 g/mol. The Bertz CT molecular complexity index is 502. The molecule has 118 valence electrons. The number of aliphatic hydroxyl groups is 1. The number of amides is 1. The molecule has 5 nitrogen and oxygen atoms in total. The second-order valence-electron chi connectivity index (χ2n) is 6.29. The van der Waals surface area contributed by atoms with Gasteiger partial charge in [-0.1, -0.05) is 13.8 Å². The van der Waals surface area contributed by atoms with E-state index in [1.807, 2.05) is 14.0 Å². The molecule has 0 saturated heterocycles. The maximum Gasteiger partial charge on any atom is 0.244 e. The first-order valence-corrected chi connectivity index (χ1v) is 7.38. The standard InChI is InChI=1S/C16H27N3O2/c1-12(2)8-9-16(4,21)11-17-15(20)7-6-14-10-18-19(5)13(14)3/h6-7,10,12,21H,8-9,11H2,1-5H3,(H,17,20)/b7-6+. The number of hydrogen-bond acceptors (Lipinski definition) is 3. The van der Waals surface area contributed by atoms with Gasteiger partial charge < -0.3 is 10.4 Å². The quantitative estimate of drug-likeness (QED) is 0.756. The van der Waals surface area contributed by atoms with Gasteiger partial charge in [-0.25, -0.2) is 0 Å². The van der Waals surface area contributed by atoms with Crippen molar-refractivity contribution in [2.45, 2.75) is 46.1 Å². The lowest BCUT2D eigenvalue weighted by Crippen LogP contribution is -2.40. The van der Waals surface area contributed by atoms with Crippen molar-refractivity contribution in [2.75, 3.05) is 6.54 Å². The lowest BCUT2D eigenvalue weighted by atomic mass is 9.95. The van der Waals surface area contributed by atoms with Crippen LogP contribution in [0.15, 0.2) is 12.3 Å². The summed E-state index contributed by atoms with van der Waals surface area (Å²) in [6.45, 7) is 8.20. The zero-order valence-corrected chi connectivity index (χ0v) is 13.7. The minimum Gasteiger partial charge on any atom is -0.388 e. The van der Waals surface area contributed by atoms with E-state index in [2.05, 4.69) is 24.3 Å². The first-order valence-electron chi connectivity index (χ1n) is 7.38. The van der Waals surface area contributed by atoms with Crippen LogP contribution in [0.25, 0.3) is 6.08 Å². The van der Waals surface area contributed by atoms with Crippen molar-refractivity contribution in [3.8, 4) is 0 Å². The second kappa shape index (κ2) is 7.41. The summed E-state index contributed by atoms with van der Waals surface area (Å²) in [5, 5.41) is 17.0. The van der Waals surface area contributed by atoms with Crippen LogP contribution in [0.3, 0.4) is 0 Å². The fourth-order valence-corrected chi connectivity index (χ4v) is 1.87. The van der Waals surface area contributed by atoms with E-state index in [9.17, 15) is 9.90 Å². The van der Waals surface area contributed by atoms with Crippen molar-refractivity contribution >= 4 is 12.0 Å². The topological polar surface area (TPSA) is 67.2 Å². The Morgan fingerprint density at radius 2 is 2.24 bits per heavy atom. The van der Waals surface area contributed by atoms with Gasteiger partial charge in [-0.15, -0.1) is 0 Å². The molecule has 1 rings (SSSR count). The molecule has 2 N–H and O–H groups in total. The van der Waals surface area contributed by atoms with Crippen LogP contribution in [0, 0.1) is 12.8 Å². The van der Waals surface area contributed by atoms with Gasteiger partial charge in [0.15, 0.2) is 0 Å². The molecule has 1 atom stereocenters. The van der Waals surface area contributed by atoms with Crippen molar-refractivity contribution < 1.29 is 9.90 Å². The first-order chi connectivity index (χ1) is 9.71. The molecule has 0 aliphatic carbocycles. The predicted molar refractivity (Wildman–Crippen MR) is 84.7 cm³/mol. The lowest BCUT2D eigenvalue weighted by Gasteiger charge is -2.24. The molecule has 0 fully saturated rings. The Hall–Kier alpha value is -1.62. The van der Waals surface area contributed by atoms with E-state index >= 15 is 0 Å². The molecule has 0 radical (unpaired) electrons. The Morgan fingerprint density at radius 1 is 1.57 bits per heavy atom. The van der Waals surface area contributed by atoms with Crippen molar-refractivity contribution in [1.29, 1.82) is 0 Å². The summed E-state index contributed by atoms with van der Waals surface area (Å²) in [6, 6.07) is 0. The van der Waals surface area contributed by atoms with Crippen molar-refractivity contribution in [3.63, 3.8) is 0 Å². The number of hydrogen-bond donors (Lipinski definition) is 2. The molecule has 1 aromatic heterocycles. The fraction of sp³-hybridized carbons (Fsp3) is 0.625. The van der Waals surface area contributed by atoms with Gasteiger partial charge in [-0.3, -0.25) is 9.48 Å². The smallest absolute Gasteiger partial charge is 0.244 e. The number of aromatic nitrogens is 2. The van der Waals surface area contributed by atoms with Gasteiger partial charge in [-0.05, 0) is 38.7 Å².